The summed E-state index contributed by atoms with van der Waals surface area (Å²) < 4.78 is 4.87. The largest absolute Gasteiger partial charge is 0.452 e. The first-order valence-electron chi connectivity index (χ1n) is 7.38. The molecule has 2 aromatic rings. The third-order valence-corrected chi connectivity index (χ3v) is 3.51. The minimum Gasteiger partial charge on any atom is -0.452 e. The van der Waals surface area contributed by atoms with Gasteiger partial charge in [-0.15, -0.1) is 0 Å². The molecule has 0 saturated carbocycles. The fourth-order valence-electron chi connectivity index (χ4n) is 2.02. The smallest absolute Gasteiger partial charge is 0.338 e. The number of nitrogens with zero attached hydrogens (tertiary/aromatic N) is 1. The number of nitro benzene ring substituents is 1. The zero-order valence-electron chi connectivity index (χ0n) is 13.1. The van der Waals surface area contributed by atoms with Gasteiger partial charge in [0.05, 0.1) is 10.5 Å². The monoisotopic (exact) mass is 362 g/mol. The van der Waals surface area contributed by atoms with Gasteiger partial charge in [-0.1, -0.05) is 23.7 Å². The van der Waals surface area contributed by atoms with Crippen molar-refractivity contribution in [2.45, 2.75) is 6.42 Å². The maximum absolute atomic E-state index is 11.8. The summed E-state index contributed by atoms with van der Waals surface area (Å²) in [6.45, 7) is -0.0420. The van der Waals surface area contributed by atoms with Crippen LogP contribution in [0.1, 0.15) is 15.9 Å². The molecular formula is C17H15ClN2O5. The number of carbonyl (C=O) groups is 2. The van der Waals surface area contributed by atoms with Crippen molar-refractivity contribution in [3.8, 4) is 0 Å². The molecule has 8 heteroatoms. The van der Waals surface area contributed by atoms with Crippen LogP contribution >= 0.6 is 11.6 Å². The van der Waals surface area contributed by atoms with Crippen LogP contribution in [0.3, 0.4) is 0 Å². The molecular weight excluding hydrogens is 348 g/mol. The minimum absolute atomic E-state index is 0.129. The number of nitrogens with one attached hydrogen (secondary N) is 1. The Hall–Kier alpha value is -2.93. The van der Waals surface area contributed by atoms with Crippen LogP contribution in [-0.2, 0) is 16.0 Å². The molecule has 7 nitrogen and oxygen atoms in total. The summed E-state index contributed by atoms with van der Waals surface area (Å²) in [5, 5.41) is 13.8. The lowest BCUT2D eigenvalue weighted by atomic mass is 10.1. The highest BCUT2D eigenvalue weighted by Crippen LogP contribution is 2.13. The molecule has 25 heavy (non-hydrogen) atoms. The van der Waals surface area contributed by atoms with Crippen molar-refractivity contribution in [3.63, 3.8) is 0 Å². The minimum atomic E-state index is -0.722. The van der Waals surface area contributed by atoms with Crippen LogP contribution in [0.2, 0.25) is 5.02 Å². The van der Waals surface area contributed by atoms with E-state index in [9.17, 15) is 19.7 Å². The van der Waals surface area contributed by atoms with Crippen molar-refractivity contribution in [1.82, 2.24) is 5.32 Å². The lowest BCUT2D eigenvalue weighted by Crippen LogP contribution is -2.30. The predicted octanol–water partition coefficient (Wildman–Crippen LogP) is 2.76. The van der Waals surface area contributed by atoms with Gasteiger partial charge < -0.3 is 10.1 Å². The zero-order chi connectivity index (χ0) is 18.2. The molecule has 0 radical (unpaired) electrons. The summed E-state index contributed by atoms with van der Waals surface area (Å²) in [6.07, 6.45) is 0.600. The second kappa shape index (κ2) is 8.79. The number of ether oxygens (including phenoxy) is 1. The summed E-state index contributed by atoms with van der Waals surface area (Å²) in [6, 6.07) is 12.2. The normalized spacial score (nSPS) is 10.1. The Balaban J connectivity index is 1.73. The van der Waals surface area contributed by atoms with Gasteiger partial charge in [-0.3, -0.25) is 14.9 Å². The second-order valence-corrected chi connectivity index (χ2v) is 5.55. The Bertz CT molecular complexity index is 777. The quantitative estimate of drug-likeness (QED) is 0.464. The number of nitro groups is 1. The van der Waals surface area contributed by atoms with E-state index in [1.165, 1.54) is 24.3 Å². The standard InChI is InChI=1S/C17H15ClN2O5/c18-14-3-1-2-12(10-14)8-9-19-16(21)11-25-17(22)13-4-6-15(7-5-13)20(23)24/h1-7,10H,8-9,11H2,(H,19,21). The third-order valence-electron chi connectivity index (χ3n) is 3.27. The Kier molecular flexibility index (Phi) is 6.47. The van der Waals surface area contributed by atoms with Gasteiger partial charge in [-0.05, 0) is 36.2 Å². The van der Waals surface area contributed by atoms with E-state index >= 15 is 0 Å². The number of amides is 1. The van der Waals surface area contributed by atoms with Gasteiger partial charge in [-0.25, -0.2) is 4.79 Å². The highest BCUT2D eigenvalue weighted by Gasteiger charge is 2.12. The molecule has 1 amide bonds. The van der Waals surface area contributed by atoms with Crippen molar-refractivity contribution in [1.29, 1.82) is 0 Å². The van der Waals surface area contributed by atoms with Crippen LogP contribution in [-0.4, -0.2) is 30.0 Å². The first-order chi connectivity index (χ1) is 12.0. The van der Waals surface area contributed by atoms with Crippen molar-refractivity contribution in [2.75, 3.05) is 13.2 Å². The molecule has 1 N–H and O–H groups in total. The number of benzene rings is 2. The van der Waals surface area contributed by atoms with E-state index in [4.69, 9.17) is 16.3 Å². The van der Waals surface area contributed by atoms with Gasteiger partial charge in [0.15, 0.2) is 6.61 Å². The predicted molar refractivity (Wildman–Crippen MR) is 91.5 cm³/mol. The number of hydrogen-bond acceptors (Lipinski definition) is 5. The number of halogens is 1. The Morgan fingerprint density at radius 1 is 1.16 bits per heavy atom. The van der Waals surface area contributed by atoms with Crippen LogP contribution in [0.25, 0.3) is 0 Å². The number of hydrogen-bond donors (Lipinski definition) is 1. The van der Waals surface area contributed by atoms with Crippen molar-refractivity contribution in [2.24, 2.45) is 0 Å². The van der Waals surface area contributed by atoms with Gasteiger partial charge >= 0.3 is 5.97 Å². The first kappa shape index (κ1) is 18.4. The van der Waals surface area contributed by atoms with E-state index < -0.39 is 23.4 Å². The topological polar surface area (TPSA) is 98.5 Å². The van der Waals surface area contributed by atoms with Gasteiger partial charge in [0, 0.05) is 23.7 Å². The van der Waals surface area contributed by atoms with Gasteiger partial charge in [0.2, 0.25) is 0 Å². The molecule has 130 valence electrons. The van der Waals surface area contributed by atoms with E-state index in [1.54, 1.807) is 6.07 Å². The average Bonchev–Trinajstić information content (AvgIpc) is 2.60. The Labute approximate surface area is 148 Å². The fraction of sp³-hybridized carbons (Fsp3) is 0.176. The number of rotatable bonds is 7. The molecule has 0 aliphatic heterocycles. The maximum Gasteiger partial charge on any atom is 0.338 e. The molecule has 0 heterocycles. The summed E-state index contributed by atoms with van der Waals surface area (Å²) >= 11 is 5.87. The SMILES string of the molecule is O=C(COC(=O)c1ccc([N+](=O)[O-])cc1)NCCc1cccc(Cl)c1. The highest BCUT2D eigenvalue weighted by molar-refractivity contribution is 6.30. The molecule has 0 saturated heterocycles. The zero-order valence-corrected chi connectivity index (χ0v) is 13.9. The molecule has 0 atom stereocenters. The molecule has 0 unspecified atom stereocenters. The molecule has 2 aromatic carbocycles. The van der Waals surface area contributed by atoms with Crippen LogP contribution < -0.4 is 5.32 Å². The van der Waals surface area contributed by atoms with Gasteiger partial charge in [-0.2, -0.15) is 0 Å². The average molecular weight is 363 g/mol. The maximum atomic E-state index is 11.8. The van der Waals surface area contributed by atoms with Crippen LogP contribution in [0.15, 0.2) is 48.5 Å². The molecule has 0 spiro atoms. The Morgan fingerprint density at radius 3 is 2.52 bits per heavy atom. The van der Waals surface area contributed by atoms with E-state index in [0.717, 1.165) is 5.56 Å². The summed E-state index contributed by atoms with van der Waals surface area (Å²) in [5.41, 5.74) is 0.989. The van der Waals surface area contributed by atoms with E-state index in [2.05, 4.69) is 5.32 Å². The van der Waals surface area contributed by atoms with E-state index in [0.29, 0.717) is 18.0 Å². The van der Waals surface area contributed by atoms with Crippen molar-refractivity contribution < 1.29 is 19.2 Å². The number of esters is 1. The third kappa shape index (κ3) is 5.89. The summed E-state index contributed by atoms with van der Waals surface area (Å²) in [4.78, 5) is 33.4. The van der Waals surface area contributed by atoms with Gasteiger partial charge in [0.1, 0.15) is 0 Å². The molecule has 0 fully saturated rings. The summed E-state index contributed by atoms with van der Waals surface area (Å²) in [7, 11) is 0. The molecule has 0 aliphatic carbocycles. The van der Waals surface area contributed by atoms with Crippen molar-refractivity contribution in [3.05, 3.63) is 74.8 Å². The molecule has 0 bridgehead atoms. The highest BCUT2D eigenvalue weighted by atomic mass is 35.5. The Morgan fingerprint density at radius 2 is 1.88 bits per heavy atom. The molecule has 0 aromatic heterocycles. The number of carbonyl (C=O) groups excluding carboxylic acids is 2. The van der Waals surface area contributed by atoms with E-state index in [-0.39, 0.29) is 11.3 Å². The second-order valence-electron chi connectivity index (χ2n) is 5.11. The fourth-order valence-corrected chi connectivity index (χ4v) is 2.24. The van der Waals surface area contributed by atoms with Crippen LogP contribution in [0.5, 0.6) is 0 Å². The summed E-state index contributed by atoms with van der Waals surface area (Å²) in [5.74, 6) is -1.16. The molecule has 2 rings (SSSR count). The van der Waals surface area contributed by atoms with E-state index in [1.807, 2.05) is 18.2 Å². The van der Waals surface area contributed by atoms with Crippen LogP contribution in [0, 0.1) is 10.1 Å². The van der Waals surface area contributed by atoms with Crippen LogP contribution in [0.4, 0.5) is 5.69 Å². The first-order valence-corrected chi connectivity index (χ1v) is 7.76. The van der Waals surface area contributed by atoms with Gasteiger partial charge in [0.25, 0.3) is 11.6 Å². The number of non-ortho nitro benzene ring substituents is 1. The van der Waals surface area contributed by atoms with Crippen molar-refractivity contribution >= 4 is 29.2 Å². The lowest BCUT2D eigenvalue weighted by molar-refractivity contribution is -0.384. The lowest BCUT2D eigenvalue weighted by Gasteiger charge is -2.07. The molecule has 0 aliphatic rings.